The summed E-state index contributed by atoms with van der Waals surface area (Å²) >= 11 is 5.62. The highest BCUT2D eigenvalue weighted by Crippen LogP contribution is 2.24. The van der Waals surface area contributed by atoms with Gasteiger partial charge in [-0.2, -0.15) is 0 Å². The smallest absolute Gasteiger partial charge is 0.312 e. The molecule has 8 nitrogen and oxygen atoms in total. The minimum Gasteiger partial charge on any atom is -0.363 e. The van der Waals surface area contributed by atoms with Gasteiger partial charge in [0, 0.05) is 24.8 Å². The summed E-state index contributed by atoms with van der Waals surface area (Å²) in [6.07, 6.45) is 1.25. The van der Waals surface area contributed by atoms with E-state index >= 15 is 0 Å². The van der Waals surface area contributed by atoms with Crippen LogP contribution in [0, 0.1) is 10.1 Å². The van der Waals surface area contributed by atoms with E-state index in [4.69, 9.17) is 11.6 Å². The molecule has 0 aliphatic carbocycles. The van der Waals surface area contributed by atoms with Gasteiger partial charge < -0.3 is 5.32 Å². The predicted octanol–water partition coefficient (Wildman–Crippen LogP) is 1.38. The number of pyridine rings is 1. The number of nitrogens with zero attached hydrogens (tertiary/aromatic N) is 2. The van der Waals surface area contributed by atoms with Crippen LogP contribution in [0.4, 0.5) is 11.5 Å². The number of nitro groups is 1. The summed E-state index contributed by atoms with van der Waals surface area (Å²) in [5, 5.41) is 13.6. The minimum absolute atomic E-state index is 0.00245. The molecule has 0 fully saturated rings. The average molecular weight is 323 g/mol. The van der Waals surface area contributed by atoms with Gasteiger partial charge in [0.1, 0.15) is 0 Å². The quantitative estimate of drug-likeness (QED) is 0.579. The number of aromatic nitrogens is 1. The molecule has 0 saturated carbocycles. The van der Waals surface area contributed by atoms with Gasteiger partial charge in [-0.3, -0.25) is 10.1 Å². The van der Waals surface area contributed by atoms with E-state index in [1.54, 1.807) is 13.8 Å². The van der Waals surface area contributed by atoms with Gasteiger partial charge in [-0.1, -0.05) is 11.6 Å². The zero-order chi connectivity index (χ0) is 15.3. The topological polar surface area (TPSA) is 114 Å². The van der Waals surface area contributed by atoms with Crippen molar-refractivity contribution < 1.29 is 13.3 Å². The molecule has 2 N–H and O–H groups in total. The van der Waals surface area contributed by atoms with Crippen LogP contribution in [-0.2, 0) is 10.0 Å². The van der Waals surface area contributed by atoms with E-state index < -0.39 is 14.9 Å². The Bertz CT molecular complexity index is 591. The van der Waals surface area contributed by atoms with Gasteiger partial charge in [-0.15, -0.1) is 0 Å². The fraction of sp³-hybridized carbons (Fsp3) is 0.500. The summed E-state index contributed by atoms with van der Waals surface area (Å²) in [6.45, 7) is 3.41. The van der Waals surface area contributed by atoms with Crippen LogP contribution in [0.1, 0.15) is 13.8 Å². The molecule has 20 heavy (non-hydrogen) atoms. The first kappa shape index (κ1) is 16.6. The van der Waals surface area contributed by atoms with Crippen LogP contribution >= 0.6 is 11.6 Å². The summed E-state index contributed by atoms with van der Waals surface area (Å²) in [4.78, 5) is 14.0. The Morgan fingerprint density at radius 3 is 2.70 bits per heavy atom. The van der Waals surface area contributed by atoms with Crippen LogP contribution in [0.15, 0.2) is 12.3 Å². The van der Waals surface area contributed by atoms with Crippen molar-refractivity contribution in [1.29, 1.82) is 0 Å². The standard InChI is InChI=1S/C10H15ClN4O4S/c1-7(2)14-20(18,19)4-3-12-10-9(15(16)17)5-8(11)6-13-10/h5-7,14H,3-4H2,1-2H3,(H,12,13). The molecule has 0 aromatic carbocycles. The third-order valence-corrected chi connectivity index (χ3v) is 3.89. The number of rotatable bonds is 7. The van der Waals surface area contributed by atoms with E-state index in [2.05, 4.69) is 15.0 Å². The molecule has 0 saturated heterocycles. The maximum atomic E-state index is 11.6. The number of hydrogen-bond acceptors (Lipinski definition) is 6. The molecular weight excluding hydrogens is 308 g/mol. The van der Waals surface area contributed by atoms with E-state index in [0.717, 1.165) is 6.07 Å². The van der Waals surface area contributed by atoms with E-state index in [-0.39, 0.29) is 34.9 Å². The van der Waals surface area contributed by atoms with Gasteiger partial charge in [0.25, 0.3) is 0 Å². The first-order valence-corrected chi connectivity index (χ1v) is 7.78. The fourth-order valence-corrected chi connectivity index (χ4v) is 2.78. The second-order valence-electron chi connectivity index (χ2n) is 4.30. The minimum atomic E-state index is -3.43. The maximum Gasteiger partial charge on any atom is 0.312 e. The lowest BCUT2D eigenvalue weighted by molar-refractivity contribution is -0.384. The summed E-state index contributed by atoms with van der Waals surface area (Å²) in [7, 11) is -3.43. The van der Waals surface area contributed by atoms with Crippen molar-refractivity contribution in [3.8, 4) is 0 Å². The lowest BCUT2D eigenvalue weighted by Gasteiger charge is -2.10. The van der Waals surface area contributed by atoms with E-state index in [1.165, 1.54) is 6.20 Å². The molecule has 112 valence electrons. The molecule has 0 atom stereocenters. The molecule has 0 bridgehead atoms. The van der Waals surface area contributed by atoms with Crippen LogP contribution in [-0.4, -0.2) is 36.7 Å². The van der Waals surface area contributed by atoms with Crippen LogP contribution in [0.3, 0.4) is 0 Å². The molecule has 0 spiro atoms. The largest absolute Gasteiger partial charge is 0.363 e. The predicted molar refractivity (Wildman–Crippen MR) is 76.4 cm³/mol. The summed E-state index contributed by atoms with van der Waals surface area (Å²) in [6, 6.07) is 0.945. The number of sulfonamides is 1. The molecular formula is C10H15ClN4O4S. The molecule has 1 heterocycles. The van der Waals surface area contributed by atoms with Crippen LogP contribution < -0.4 is 10.0 Å². The highest BCUT2D eigenvalue weighted by Gasteiger charge is 2.17. The molecule has 10 heteroatoms. The van der Waals surface area contributed by atoms with E-state index in [1.807, 2.05) is 0 Å². The lowest BCUT2D eigenvalue weighted by Crippen LogP contribution is -2.34. The number of halogens is 1. The molecule has 1 rings (SSSR count). The number of hydrogen-bond donors (Lipinski definition) is 2. The average Bonchev–Trinajstić information content (AvgIpc) is 2.28. The third kappa shape index (κ3) is 5.27. The van der Waals surface area contributed by atoms with Crippen molar-refractivity contribution in [2.24, 2.45) is 0 Å². The van der Waals surface area contributed by atoms with Crippen LogP contribution in [0.5, 0.6) is 0 Å². The fourth-order valence-electron chi connectivity index (χ4n) is 1.43. The second-order valence-corrected chi connectivity index (χ2v) is 6.61. The molecule has 0 aliphatic heterocycles. The first-order chi connectivity index (χ1) is 9.21. The molecule has 0 radical (unpaired) electrons. The molecule has 0 amide bonds. The Hall–Kier alpha value is -1.45. The summed E-state index contributed by atoms with van der Waals surface area (Å²) in [5.74, 6) is -0.230. The number of nitrogens with one attached hydrogen (secondary N) is 2. The van der Waals surface area contributed by atoms with Crippen LogP contribution in [0.25, 0.3) is 0 Å². The summed E-state index contributed by atoms with van der Waals surface area (Å²) < 4.78 is 25.6. The Morgan fingerprint density at radius 2 is 2.15 bits per heavy atom. The van der Waals surface area contributed by atoms with Crippen molar-refractivity contribution in [3.63, 3.8) is 0 Å². The van der Waals surface area contributed by atoms with Crippen molar-refractivity contribution >= 4 is 33.1 Å². The first-order valence-electron chi connectivity index (χ1n) is 5.75. The molecule has 1 aromatic heterocycles. The monoisotopic (exact) mass is 322 g/mol. The van der Waals surface area contributed by atoms with Crippen LogP contribution in [0.2, 0.25) is 5.02 Å². The Balaban J connectivity index is 2.69. The van der Waals surface area contributed by atoms with Gasteiger partial charge in [0.05, 0.1) is 15.7 Å². The second kappa shape index (κ2) is 6.82. The third-order valence-electron chi connectivity index (χ3n) is 2.11. The van der Waals surface area contributed by atoms with E-state index in [9.17, 15) is 18.5 Å². The zero-order valence-corrected chi connectivity index (χ0v) is 12.5. The van der Waals surface area contributed by atoms with Crippen molar-refractivity contribution in [3.05, 3.63) is 27.4 Å². The zero-order valence-electron chi connectivity index (χ0n) is 11.0. The Labute approximate surface area is 121 Å². The highest BCUT2D eigenvalue weighted by atomic mass is 35.5. The van der Waals surface area contributed by atoms with Gasteiger partial charge >= 0.3 is 5.69 Å². The maximum absolute atomic E-state index is 11.6. The summed E-state index contributed by atoms with van der Waals surface area (Å²) in [5.41, 5.74) is -0.299. The molecule has 1 aromatic rings. The van der Waals surface area contributed by atoms with Crippen molar-refractivity contribution in [2.45, 2.75) is 19.9 Å². The number of anilines is 1. The normalized spacial score (nSPS) is 11.6. The lowest BCUT2D eigenvalue weighted by atomic mass is 10.4. The van der Waals surface area contributed by atoms with Gasteiger partial charge in [0.2, 0.25) is 15.8 Å². The molecule has 0 aliphatic rings. The Kier molecular flexibility index (Phi) is 5.66. The van der Waals surface area contributed by atoms with Gasteiger partial charge in [-0.05, 0) is 13.8 Å². The Morgan fingerprint density at radius 1 is 1.50 bits per heavy atom. The SMILES string of the molecule is CC(C)NS(=O)(=O)CCNc1ncc(Cl)cc1[N+](=O)[O-]. The van der Waals surface area contributed by atoms with E-state index in [0.29, 0.717) is 0 Å². The van der Waals surface area contributed by atoms with Gasteiger partial charge in [0.15, 0.2) is 0 Å². The van der Waals surface area contributed by atoms with Gasteiger partial charge in [-0.25, -0.2) is 18.1 Å². The highest BCUT2D eigenvalue weighted by molar-refractivity contribution is 7.89. The molecule has 0 unspecified atom stereocenters. The van der Waals surface area contributed by atoms with Crippen molar-refractivity contribution in [2.75, 3.05) is 17.6 Å². The van der Waals surface area contributed by atoms with Crippen molar-refractivity contribution in [1.82, 2.24) is 9.71 Å².